The fourth-order valence-electron chi connectivity index (χ4n) is 12.8. The first-order chi connectivity index (χ1) is 55.3. The third kappa shape index (κ3) is 43.3. The van der Waals surface area contributed by atoms with E-state index in [0.29, 0.717) is 19.3 Å². The molecule has 0 saturated carbocycles. The smallest absolute Gasteiger partial charge is 0.326 e. The lowest BCUT2D eigenvalue weighted by molar-refractivity contribution is -0.144. The number of carboxylic acid groups (broad SMARTS) is 2. The third-order valence-corrected chi connectivity index (χ3v) is 19.5. The molecular weight excluding hydrogens is 1530 g/mol. The maximum Gasteiger partial charge on any atom is 0.326 e. The van der Waals surface area contributed by atoms with Gasteiger partial charge in [-0.1, -0.05) is 156 Å². The first kappa shape index (κ1) is 109. The molecule has 0 aromatic rings. The zero-order chi connectivity index (χ0) is 90.4. The van der Waals surface area contributed by atoms with Gasteiger partial charge in [0.2, 0.25) is 82.7 Å². The van der Waals surface area contributed by atoms with Crippen LogP contribution in [0.5, 0.6) is 0 Å². The Labute approximate surface area is 696 Å². The van der Waals surface area contributed by atoms with Gasteiger partial charge in [-0.3, -0.25) is 71.9 Å². The molecule has 38 heteroatoms. The van der Waals surface area contributed by atoms with E-state index >= 15 is 0 Å². The molecule has 0 rings (SSSR count). The molecular formula is C80H148N18O20. The molecule has 0 bridgehead atoms. The van der Waals surface area contributed by atoms with Gasteiger partial charge in [0, 0.05) is 6.42 Å². The molecule has 0 heterocycles. The number of aliphatic hydroxyl groups is 2. The van der Waals surface area contributed by atoms with Crippen LogP contribution in [0, 0.1) is 47.3 Å². The number of hydrogen-bond donors (Lipinski definition) is 22. The van der Waals surface area contributed by atoms with E-state index in [0.717, 1.165) is 25.7 Å². The van der Waals surface area contributed by atoms with Crippen LogP contribution in [0.2, 0.25) is 0 Å². The molecule has 0 aromatic heterocycles. The van der Waals surface area contributed by atoms with Gasteiger partial charge in [-0.15, -0.1) is 0 Å². The van der Waals surface area contributed by atoms with E-state index in [1.807, 2.05) is 0 Å². The molecule has 0 aliphatic carbocycles. The van der Waals surface area contributed by atoms with Crippen LogP contribution in [0.1, 0.15) is 240 Å². The normalized spacial score (nSPS) is 15.6. The Morgan fingerprint density at radius 2 is 0.551 bits per heavy atom. The summed E-state index contributed by atoms with van der Waals surface area (Å²) >= 11 is 0. The Bertz CT molecular complexity index is 3180. The van der Waals surface area contributed by atoms with Gasteiger partial charge in [0.15, 0.2) is 0 Å². The molecule has 0 aliphatic heterocycles. The summed E-state index contributed by atoms with van der Waals surface area (Å²) in [4.78, 5) is 221. The summed E-state index contributed by atoms with van der Waals surface area (Å²) in [6, 6.07) is -19.7. The summed E-state index contributed by atoms with van der Waals surface area (Å²) in [5.74, 6) is -17.9. The molecule has 0 aromatic carbocycles. The minimum atomic E-state index is -1.78. The Hall–Kier alpha value is -8.72. The second kappa shape index (κ2) is 58.2. The molecule has 16 unspecified atom stereocenters. The van der Waals surface area contributed by atoms with Gasteiger partial charge in [0.25, 0.3) is 0 Å². The van der Waals surface area contributed by atoms with Crippen LogP contribution in [0.25, 0.3) is 0 Å². The van der Waals surface area contributed by atoms with Gasteiger partial charge in [-0.05, 0) is 144 Å². The number of carboxylic acids is 2. The molecule has 14 amide bonds. The first-order valence-electron chi connectivity index (χ1n) is 42.0. The summed E-state index contributed by atoms with van der Waals surface area (Å²) < 4.78 is 0. The predicted molar refractivity (Wildman–Crippen MR) is 444 cm³/mol. The van der Waals surface area contributed by atoms with E-state index in [1.54, 1.807) is 111 Å². The van der Waals surface area contributed by atoms with E-state index in [4.69, 9.17) is 22.9 Å². The monoisotopic (exact) mass is 1680 g/mol. The number of hydrogen-bond acceptors (Lipinski definition) is 22. The van der Waals surface area contributed by atoms with Crippen molar-refractivity contribution in [3.05, 3.63) is 0 Å². The van der Waals surface area contributed by atoms with Crippen LogP contribution in [0.4, 0.5) is 0 Å². The van der Waals surface area contributed by atoms with Crippen LogP contribution >= 0.6 is 0 Å². The quantitative estimate of drug-likeness (QED) is 0.0318. The standard InChI is InChI=1S/C80H148N18O20/c1-18-20-21-22-23-24-50(100)40-62(101)85-56(35-42(3)4)72(109)86-51(25-26-63(102)103)67(104)87-54(29-33-83)70(107)96-64(47(13)14)78(115)93-59(38-45(9)10)75(112)89-53(28-32-82)69(106)95-61(41-99)77(114)97-65(48(15)16)79(116)94-60(39-46(11)12)76(113)92-58(37-44(7)8)74(111)88-52(27-31-81)68(105)91-57(36-43(5)6)73(110)90-55(30-34-84)71(108)98-66(80(117)118)49(17)19-2/h42-61,64-66,99-100H,18-41,81-84H2,1-17H3,(H,85,101)(H,86,109)(H,87,104)(H,88,111)(H,89,112)(H,90,110)(H,91,105)(H,92,113)(H,93,115)(H,94,116)(H,95,106)(H,96,107)(H,97,114)(H,98,108)(H,102,103)(H,117,118). The Morgan fingerprint density at radius 1 is 0.297 bits per heavy atom. The number of carbonyl (C=O) groups is 16. The minimum Gasteiger partial charge on any atom is -0.481 e. The summed E-state index contributed by atoms with van der Waals surface area (Å²) in [6.45, 7) is 27.8. The maximum atomic E-state index is 14.5. The summed E-state index contributed by atoms with van der Waals surface area (Å²) in [5.41, 5.74) is 23.6. The molecule has 38 nitrogen and oxygen atoms in total. The van der Waals surface area contributed by atoms with Gasteiger partial charge in [0.1, 0.15) is 84.6 Å². The molecule has 0 saturated heterocycles. The fourth-order valence-corrected chi connectivity index (χ4v) is 12.8. The van der Waals surface area contributed by atoms with Crippen molar-refractivity contribution in [2.45, 2.75) is 330 Å². The predicted octanol–water partition coefficient (Wildman–Crippen LogP) is -1.19. The highest BCUT2D eigenvalue weighted by atomic mass is 16.4. The van der Waals surface area contributed by atoms with Crippen LogP contribution < -0.4 is 97.4 Å². The van der Waals surface area contributed by atoms with Crippen molar-refractivity contribution in [1.82, 2.24) is 74.4 Å². The highest BCUT2D eigenvalue weighted by molar-refractivity contribution is 6.00. The number of unbranched alkanes of at least 4 members (excludes halogenated alkanes) is 4. The zero-order valence-corrected chi connectivity index (χ0v) is 72.9. The molecule has 26 N–H and O–H groups in total. The van der Waals surface area contributed by atoms with Gasteiger partial charge >= 0.3 is 11.9 Å². The van der Waals surface area contributed by atoms with E-state index in [9.17, 15) is 97.1 Å². The lowest BCUT2D eigenvalue weighted by Gasteiger charge is -2.30. The number of nitrogens with one attached hydrogen (secondary N) is 14. The highest BCUT2D eigenvalue weighted by Crippen LogP contribution is 2.18. The minimum absolute atomic E-state index is 0.00342. The van der Waals surface area contributed by atoms with Gasteiger partial charge in [-0.2, -0.15) is 0 Å². The Kier molecular flexibility index (Phi) is 53.9. The van der Waals surface area contributed by atoms with Crippen LogP contribution in [0.15, 0.2) is 0 Å². The lowest BCUT2D eigenvalue weighted by Crippen LogP contribution is -2.62. The van der Waals surface area contributed by atoms with Crippen LogP contribution in [-0.2, 0) is 76.7 Å². The second-order valence-corrected chi connectivity index (χ2v) is 33.5. The fraction of sp³-hybridized carbons (Fsp3) is 0.800. The van der Waals surface area contributed by atoms with Crippen molar-refractivity contribution in [1.29, 1.82) is 0 Å². The number of nitrogens with two attached hydrogens (primary N) is 4. The average Bonchev–Trinajstić information content (AvgIpc) is 0.849. The van der Waals surface area contributed by atoms with E-state index in [2.05, 4.69) is 81.4 Å². The largest absolute Gasteiger partial charge is 0.481 e. The lowest BCUT2D eigenvalue weighted by atomic mass is 9.98. The number of aliphatic carboxylic acids is 2. The summed E-state index contributed by atoms with van der Waals surface area (Å²) in [5, 5.41) is 76.9. The van der Waals surface area contributed by atoms with Crippen molar-refractivity contribution in [2.75, 3.05) is 32.8 Å². The average molecular weight is 1680 g/mol. The number of amides is 14. The summed E-state index contributed by atoms with van der Waals surface area (Å²) in [7, 11) is 0. The Morgan fingerprint density at radius 3 is 0.822 bits per heavy atom. The molecule has 118 heavy (non-hydrogen) atoms. The van der Waals surface area contributed by atoms with Gasteiger partial charge < -0.3 is 118 Å². The molecule has 0 fully saturated rings. The van der Waals surface area contributed by atoms with E-state index in [-0.39, 0.29) is 120 Å². The number of carbonyl (C=O) groups excluding carboxylic acids is 14. The van der Waals surface area contributed by atoms with E-state index in [1.165, 1.54) is 0 Å². The summed E-state index contributed by atoms with van der Waals surface area (Å²) in [6.07, 6.45) is 2.59. The highest BCUT2D eigenvalue weighted by Gasteiger charge is 2.40. The van der Waals surface area contributed by atoms with E-state index < -0.39 is 223 Å². The maximum absolute atomic E-state index is 14.5. The molecule has 16 atom stereocenters. The second-order valence-electron chi connectivity index (χ2n) is 33.5. The van der Waals surface area contributed by atoms with Crippen LogP contribution in [0.3, 0.4) is 0 Å². The van der Waals surface area contributed by atoms with Crippen LogP contribution in [-0.4, -0.2) is 239 Å². The molecule has 0 radical (unpaired) electrons. The number of rotatable bonds is 62. The van der Waals surface area contributed by atoms with Crippen molar-refractivity contribution in [3.8, 4) is 0 Å². The van der Waals surface area contributed by atoms with Crippen molar-refractivity contribution >= 4 is 94.6 Å². The Balaban J connectivity index is 6.76. The molecule has 678 valence electrons. The van der Waals surface area contributed by atoms with Gasteiger partial charge in [-0.25, -0.2) is 4.79 Å². The topological polar surface area (TPSA) is 627 Å². The van der Waals surface area contributed by atoms with Crippen molar-refractivity contribution in [2.24, 2.45) is 70.3 Å². The SMILES string of the molecule is CCCCCCCC(O)CC(=O)NC(CC(C)C)C(=O)NC(CCC(=O)O)C(=O)NC(CCN)C(=O)NC(C(=O)NC(CC(C)C)C(=O)NC(CCN)C(=O)NC(CO)C(=O)NC(C(=O)NC(CC(C)C)C(=O)NC(CC(C)C)C(=O)NC(CCN)C(=O)NC(CC(C)C)C(=O)NC(CCN)C(=O)NC(C(=O)O)C(C)CC)C(C)C)C(C)C. The number of aliphatic hydroxyl groups excluding tert-OH is 2. The zero-order valence-electron chi connectivity index (χ0n) is 72.9. The molecule has 0 spiro atoms. The van der Waals surface area contributed by atoms with Gasteiger partial charge in [0.05, 0.1) is 19.1 Å². The molecule has 0 aliphatic rings. The third-order valence-electron chi connectivity index (χ3n) is 19.5. The van der Waals surface area contributed by atoms with Crippen molar-refractivity contribution < 1.29 is 97.1 Å². The van der Waals surface area contributed by atoms with Crippen molar-refractivity contribution in [3.63, 3.8) is 0 Å². The first-order valence-corrected chi connectivity index (χ1v) is 42.0.